The molecule has 21 heavy (non-hydrogen) atoms. The third-order valence-electron chi connectivity index (χ3n) is 5.10. The van der Waals surface area contributed by atoms with Crippen molar-refractivity contribution in [3.63, 3.8) is 0 Å². The van der Waals surface area contributed by atoms with E-state index < -0.39 is 4.92 Å². The Balaban J connectivity index is 1.34. The summed E-state index contributed by atoms with van der Waals surface area (Å²) < 4.78 is 5.62. The maximum Gasteiger partial charge on any atom is 0.269 e. The van der Waals surface area contributed by atoms with Crippen LogP contribution >= 0.6 is 0 Å². The van der Waals surface area contributed by atoms with Gasteiger partial charge in [0.2, 0.25) is 0 Å². The highest BCUT2D eigenvalue weighted by molar-refractivity contribution is 5.94. The van der Waals surface area contributed by atoms with Gasteiger partial charge in [-0.3, -0.25) is 14.9 Å². The number of nitrogens with zero attached hydrogens (tertiary/aromatic N) is 1. The van der Waals surface area contributed by atoms with Crippen molar-refractivity contribution in [1.29, 1.82) is 0 Å². The molecule has 6 heteroatoms. The molecule has 1 aliphatic heterocycles. The van der Waals surface area contributed by atoms with Gasteiger partial charge in [0.1, 0.15) is 0 Å². The van der Waals surface area contributed by atoms with Crippen LogP contribution in [0.5, 0.6) is 0 Å². The second-order valence-electron chi connectivity index (χ2n) is 6.23. The molecule has 0 spiro atoms. The average Bonchev–Trinajstić information content (AvgIpc) is 3.10. The number of amides is 1. The lowest BCUT2D eigenvalue weighted by molar-refractivity contribution is -0.384. The van der Waals surface area contributed by atoms with Crippen LogP contribution in [0.3, 0.4) is 0 Å². The number of hydrogen-bond donors (Lipinski definition) is 1. The number of hydrogen-bond acceptors (Lipinski definition) is 4. The molecule has 0 unspecified atom stereocenters. The normalized spacial score (nSPS) is 35.3. The van der Waals surface area contributed by atoms with Gasteiger partial charge in [-0.25, -0.2) is 0 Å². The second kappa shape index (κ2) is 4.53. The van der Waals surface area contributed by atoms with Gasteiger partial charge in [-0.1, -0.05) is 0 Å². The van der Waals surface area contributed by atoms with Gasteiger partial charge in [0, 0.05) is 24.2 Å². The summed E-state index contributed by atoms with van der Waals surface area (Å²) in [5, 5.41) is 13.5. The quantitative estimate of drug-likeness (QED) is 0.519. The van der Waals surface area contributed by atoms with Crippen molar-refractivity contribution in [3.05, 3.63) is 39.9 Å². The topological polar surface area (TPSA) is 84.8 Å². The lowest BCUT2D eigenvalue weighted by atomic mass is 9.89. The summed E-state index contributed by atoms with van der Waals surface area (Å²) >= 11 is 0. The highest BCUT2D eigenvalue weighted by Crippen LogP contribution is 2.58. The van der Waals surface area contributed by atoms with Crippen LogP contribution in [-0.4, -0.2) is 29.6 Å². The van der Waals surface area contributed by atoms with Gasteiger partial charge in [0.25, 0.3) is 11.6 Å². The number of benzene rings is 1. The van der Waals surface area contributed by atoms with Crippen LogP contribution in [0.4, 0.5) is 5.69 Å². The molecule has 1 N–H and O–H groups in total. The maximum absolute atomic E-state index is 12.1. The number of fused-ring (bicyclic) bond motifs is 5. The minimum atomic E-state index is -0.469. The lowest BCUT2D eigenvalue weighted by Crippen LogP contribution is -2.33. The number of carbonyl (C=O) groups is 1. The van der Waals surface area contributed by atoms with Crippen molar-refractivity contribution >= 4 is 11.6 Å². The molecule has 0 radical (unpaired) electrons. The lowest BCUT2D eigenvalue weighted by Gasteiger charge is -2.19. The molecule has 2 bridgehead atoms. The highest BCUT2D eigenvalue weighted by Gasteiger charge is 2.62. The van der Waals surface area contributed by atoms with E-state index in [-0.39, 0.29) is 11.6 Å². The van der Waals surface area contributed by atoms with Gasteiger partial charge in [-0.05, 0) is 42.7 Å². The smallest absolute Gasteiger partial charge is 0.269 e. The second-order valence-corrected chi connectivity index (χ2v) is 6.23. The van der Waals surface area contributed by atoms with Crippen LogP contribution < -0.4 is 5.32 Å². The molecule has 1 amide bonds. The molecule has 1 aromatic rings. The Morgan fingerprint density at radius 1 is 1.29 bits per heavy atom. The Hall–Kier alpha value is -1.95. The number of carbonyl (C=O) groups excluding carboxylic acids is 1. The number of non-ortho nitro benzene ring substituents is 1. The predicted octanol–water partition coefficient (Wildman–Crippen LogP) is 1.75. The van der Waals surface area contributed by atoms with Gasteiger partial charge in [-0.15, -0.1) is 0 Å². The van der Waals surface area contributed by atoms with E-state index in [0.29, 0.717) is 42.1 Å². The largest absolute Gasteiger partial charge is 0.369 e. The SMILES string of the molecule is O=C(NC[C@H]1C[C@@H]2C[C@H]1[C@H]1O[C@@H]21)c1ccc([N+](=O)[O-])cc1. The van der Waals surface area contributed by atoms with Crippen LogP contribution in [0.2, 0.25) is 0 Å². The molecule has 6 nitrogen and oxygen atoms in total. The number of epoxide rings is 1. The van der Waals surface area contributed by atoms with Gasteiger partial charge < -0.3 is 10.1 Å². The molecular weight excluding hydrogens is 272 g/mol. The number of nitro groups is 1. The third kappa shape index (κ3) is 2.10. The van der Waals surface area contributed by atoms with E-state index in [2.05, 4.69) is 5.32 Å². The molecule has 1 aromatic carbocycles. The maximum atomic E-state index is 12.1. The van der Waals surface area contributed by atoms with E-state index in [1.807, 2.05) is 0 Å². The fraction of sp³-hybridized carbons (Fsp3) is 0.533. The first-order valence-corrected chi connectivity index (χ1v) is 7.31. The molecule has 5 atom stereocenters. The molecular formula is C15H16N2O4. The molecule has 2 aliphatic carbocycles. The predicted molar refractivity (Wildman–Crippen MR) is 73.8 cm³/mol. The first kappa shape index (κ1) is 12.8. The Bertz CT molecular complexity index is 600. The Labute approximate surface area is 121 Å². The molecule has 2 saturated carbocycles. The Morgan fingerprint density at radius 2 is 2.05 bits per heavy atom. The summed E-state index contributed by atoms with van der Waals surface area (Å²) in [4.78, 5) is 22.2. The summed E-state index contributed by atoms with van der Waals surface area (Å²) in [6.07, 6.45) is 3.35. The summed E-state index contributed by atoms with van der Waals surface area (Å²) in [6.45, 7) is 0.670. The van der Waals surface area contributed by atoms with Crippen LogP contribution in [-0.2, 0) is 4.74 Å². The first-order valence-electron chi connectivity index (χ1n) is 7.31. The Kier molecular flexibility index (Phi) is 2.75. The fourth-order valence-corrected chi connectivity index (χ4v) is 4.03. The van der Waals surface area contributed by atoms with Crippen molar-refractivity contribution < 1.29 is 14.5 Å². The number of ether oxygens (including phenoxy) is 1. The molecule has 1 heterocycles. The first-order chi connectivity index (χ1) is 10.1. The van der Waals surface area contributed by atoms with Crippen molar-refractivity contribution in [1.82, 2.24) is 5.32 Å². The van der Waals surface area contributed by atoms with Crippen molar-refractivity contribution in [3.8, 4) is 0 Å². The number of nitro benzene ring substituents is 1. The molecule has 4 rings (SSSR count). The summed E-state index contributed by atoms with van der Waals surface area (Å²) in [5.74, 6) is 1.65. The van der Waals surface area contributed by atoms with Crippen molar-refractivity contribution in [2.24, 2.45) is 17.8 Å². The standard InChI is InChI=1S/C15H16N2O4/c18-15(8-1-3-11(4-2-8)17(19)20)16-7-10-5-9-6-12(10)14-13(9)21-14/h1-4,9-10,12-14H,5-7H2,(H,16,18)/t9-,10-,12-,13+,14-/m1/s1. The van der Waals surface area contributed by atoms with E-state index in [4.69, 9.17) is 4.74 Å². The monoisotopic (exact) mass is 288 g/mol. The number of rotatable bonds is 4. The minimum Gasteiger partial charge on any atom is -0.369 e. The molecule has 0 aromatic heterocycles. The highest BCUT2D eigenvalue weighted by atomic mass is 16.6. The van der Waals surface area contributed by atoms with Gasteiger partial charge in [-0.2, -0.15) is 0 Å². The third-order valence-corrected chi connectivity index (χ3v) is 5.10. The average molecular weight is 288 g/mol. The van der Waals surface area contributed by atoms with Crippen LogP contribution in [0.15, 0.2) is 24.3 Å². The molecule has 1 saturated heterocycles. The minimum absolute atomic E-state index is 0.00317. The summed E-state index contributed by atoms with van der Waals surface area (Å²) in [7, 11) is 0. The van der Waals surface area contributed by atoms with Crippen LogP contribution in [0, 0.1) is 27.9 Å². The van der Waals surface area contributed by atoms with E-state index >= 15 is 0 Å². The molecule has 3 fully saturated rings. The Morgan fingerprint density at radius 3 is 2.67 bits per heavy atom. The molecule has 110 valence electrons. The zero-order valence-corrected chi connectivity index (χ0v) is 11.4. The molecule has 3 aliphatic rings. The van der Waals surface area contributed by atoms with Crippen molar-refractivity contribution in [2.45, 2.75) is 25.0 Å². The van der Waals surface area contributed by atoms with Crippen LogP contribution in [0.1, 0.15) is 23.2 Å². The van der Waals surface area contributed by atoms with Gasteiger partial charge >= 0.3 is 0 Å². The van der Waals surface area contributed by atoms with Crippen LogP contribution in [0.25, 0.3) is 0 Å². The summed E-state index contributed by atoms with van der Waals surface area (Å²) in [5.41, 5.74) is 0.459. The van der Waals surface area contributed by atoms with Gasteiger partial charge in [0.05, 0.1) is 17.1 Å². The van der Waals surface area contributed by atoms with Crippen molar-refractivity contribution in [2.75, 3.05) is 6.54 Å². The van der Waals surface area contributed by atoms with E-state index in [1.165, 1.54) is 30.7 Å². The fourth-order valence-electron chi connectivity index (χ4n) is 4.03. The van der Waals surface area contributed by atoms with Gasteiger partial charge in [0.15, 0.2) is 0 Å². The summed E-state index contributed by atoms with van der Waals surface area (Å²) in [6, 6.07) is 5.70. The van der Waals surface area contributed by atoms with E-state index in [1.54, 1.807) is 0 Å². The zero-order valence-electron chi connectivity index (χ0n) is 11.4. The van der Waals surface area contributed by atoms with E-state index in [0.717, 1.165) is 6.42 Å². The number of nitrogens with one attached hydrogen (secondary N) is 1. The zero-order chi connectivity index (χ0) is 14.6. The van der Waals surface area contributed by atoms with E-state index in [9.17, 15) is 14.9 Å².